The lowest BCUT2D eigenvalue weighted by atomic mass is 10.00. The van der Waals surface area contributed by atoms with Gasteiger partial charge in [0.05, 0.1) is 0 Å². The monoisotopic (exact) mass is 240 g/mol. The van der Waals surface area contributed by atoms with Crippen LogP contribution in [-0.2, 0) is 9.53 Å². The summed E-state index contributed by atoms with van der Waals surface area (Å²) in [5, 5.41) is 6.59. The topological polar surface area (TPSA) is 50.4 Å². The van der Waals surface area contributed by atoms with Crippen molar-refractivity contribution in [1.82, 2.24) is 10.6 Å². The van der Waals surface area contributed by atoms with Crippen LogP contribution >= 0.6 is 0 Å². The number of carbonyl (C=O) groups is 1. The van der Waals surface area contributed by atoms with Crippen molar-refractivity contribution in [3.05, 3.63) is 0 Å². The van der Waals surface area contributed by atoms with Gasteiger partial charge >= 0.3 is 0 Å². The number of nitrogens with one attached hydrogen (secondary N) is 2. The number of carbonyl (C=O) groups excluding carboxylic acids is 1. The molecule has 4 nitrogen and oxygen atoms in total. The Morgan fingerprint density at radius 3 is 2.76 bits per heavy atom. The van der Waals surface area contributed by atoms with Gasteiger partial charge in [-0.1, -0.05) is 6.42 Å². The second kappa shape index (κ2) is 6.97. The lowest BCUT2D eigenvalue weighted by Crippen LogP contribution is -2.40. The third-order valence-electron chi connectivity index (χ3n) is 3.72. The number of amides is 1. The lowest BCUT2D eigenvalue weighted by Gasteiger charge is -2.25. The van der Waals surface area contributed by atoms with Gasteiger partial charge in [-0.15, -0.1) is 0 Å². The van der Waals surface area contributed by atoms with Gasteiger partial charge in [-0.3, -0.25) is 4.79 Å². The summed E-state index contributed by atoms with van der Waals surface area (Å²) in [5.41, 5.74) is 0. The van der Waals surface area contributed by atoms with Crippen LogP contribution in [0.1, 0.15) is 44.9 Å². The number of hydrogen-bond acceptors (Lipinski definition) is 3. The third-order valence-corrected chi connectivity index (χ3v) is 3.72. The molecule has 0 aromatic carbocycles. The van der Waals surface area contributed by atoms with Crippen LogP contribution in [0.15, 0.2) is 0 Å². The van der Waals surface area contributed by atoms with E-state index >= 15 is 0 Å². The van der Waals surface area contributed by atoms with Crippen LogP contribution in [0.3, 0.4) is 0 Å². The molecule has 98 valence electrons. The third kappa shape index (κ3) is 4.64. The molecule has 0 aromatic heterocycles. The van der Waals surface area contributed by atoms with Gasteiger partial charge < -0.3 is 15.4 Å². The fourth-order valence-electron chi connectivity index (χ4n) is 2.62. The van der Waals surface area contributed by atoms with Gasteiger partial charge in [-0.2, -0.15) is 0 Å². The van der Waals surface area contributed by atoms with Crippen LogP contribution in [0.2, 0.25) is 0 Å². The molecule has 0 aromatic rings. The number of ether oxygens (including phenoxy) is 1. The van der Waals surface area contributed by atoms with E-state index in [0.29, 0.717) is 18.5 Å². The Morgan fingerprint density at radius 2 is 2.06 bits per heavy atom. The number of piperidine rings is 1. The van der Waals surface area contributed by atoms with Gasteiger partial charge in [-0.25, -0.2) is 0 Å². The minimum atomic E-state index is 0.212. The molecule has 0 radical (unpaired) electrons. The Hall–Kier alpha value is -0.610. The van der Waals surface area contributed by atoms with E-state index in [4.69, 9.17) is 4.74 Å². The molecule has 0 spiro atoms. The first-order valence-corrected chi connectivity index (χ1v) is 6.95. The average molecular weight is 240 g/mol. The zero-order chi connectivity index (χ0) is 11.9. The molecule has 0 aliphatic carbocycles. The van der Waals surface area contributed by atoms with E-state index in [1.165, 1.54) is 19.3 Å². The van der Waals surface area contributed by atoms with Crippen LogP contribution in [0.25, 0.3) is 0 Å². The molecule has 1 amide bonds. The van der Waals surface area contributed by atoms with Gasteiger partial charge in [0, 0.05) is 31.7 Å². The molecule has 1 unspecified atom stereocenters. The van der Waals surface area contributed by atoms with Crippen LogP contribution in [-0.4, -0.2) is 37.7 Å². The quantitative estimate of drug-likeness (QED) is 0.776. The first-order chi connectivity index (χ1) is 8.34. The summed E-state index contributed by atoms with van der Waals surface area (Å²) in [5.74, 6) is 0.212. The van der Waals surface area contributed by atoms with Crippen LogP contribution in [0.4, 0.5) is 0 Å². The summed E-state index contributed by atoms with van der Waals surface area (Å²) in [4.78, 5) is 11.8. The number of hydrogen-bond donors (Lipinski definition) is 2. The maximum Gasteiger partial charge on any atom is 0.220 e. The predicted molar refractivity (Wildman–Crippen MR) is 66.9 cm³/mol. The Morgan fingerprint density at radius 1 is 1.24 bits per heavy atom. The molecular formula is C13H24N2O2. The fraction of sp³-hybridized carbons (Fsp3) is 0.923. The van der Waals surface area contributed by atoms with E-state index in [-0.39, 0.29) is 5.91 Å². The van der Waals surface area contributed by atoms with E-state index < -0.39 is 0 Å². The van der Waals surface area contributed by atoms with E-state index in [1.807, 2.05) is 0 Å². The van der Waals surface area contributed by atoms with Gasteiger partial charge in [0.25, 0.3) is 0 Å². The average Bonchev–Trinajstić information content (AvgIpc) is 2.39. The van der Waals surface area contributed by atoms with Crippen molar-refractivity contribution in [3.8, 4) is 0 Å². The largest absolute Gasteiger partial charge is 0.381 e. The van der Waals surface area contributed by atoms with Crippen molar-refractivity contribution in [2.45, 2.75) is 57.0 Å². The predicted octanol–water partition coefficient (Wildman–Crippen LogP) is 1.20. The normalized spacial score (nSPS) is 26.7. The smallest absolute Gasteiger partial charge is 0.220 e. The Balaban J connectivity index is 1.59. The Labute approximate surface area is 103 Å². The molecule has 2 fully saturated rings. The second-order valence-electron chi connectivity index (χ2n) is 5.14. The summed E-state index contributed by atoms with van der Waals surface area (Å²) in [6.45, 7) is 2.69. The van der Waals surface area contributed by atoms with Crippen molar-refractivity contribution in [2.75, 3.05) is 19.8 Å². The first-order valence-electron chi connectivity index (χ1n) is 6.95. The molecule has 0 bridgehead atoms. The minimum absolute atomic E-state index is 0.212. The van der Waals surface area contributed by atoms with Crippen molar-refractivity contribution < 1.29 is 9.53 Å². The fourth-order valence-corrected chi connectivity index (χ4v) is 2.62. The molecule has 0 saturated carbocycles. The molecule has 2 aliphatic heterocycles. The van der Waals surface area contributed by atoms with E-state index in [9.17, 15) is 4.79 Å². The maximum atomic E-state index is 11.8. The van der Waals surface area contributed by atoms with Gasteiger partial charge in [-0.05, 0) is 38.6 Å². The highest BCUT2D eigenvalue weighted by Gasteiger charge is 2.18. The molecule has 17 heavy (non-hydrogen) atoms. The Bertz CT molecular complexity index is 234. The molecule has 2 heterocycles. The molecule has 2 saturated heterocycles. The van der Waals surface area contributed by atoms with E-state index in [2.05, 4.69) is 10.6 Å². The molecular weight excluding hydrogens is 216 g/mol. The lowest BCUT2D eigenvalue weighted by molar-refractivity contribution is -0.122. The highest BCUT2D eigenvalue weighted by atomic mass is 16.5. The van der Waals surface area contributed by atoms with Gasteiger partial charge in [0.15, 0.2) is 0 Å². The second-order valence-corrected chi connectivity index (χ2v) is 5.14. The molecule has 2 aliphatic rings. The number of rotatable bonds is 4. The zero-order valence-corrected chi connectivity index (χ0v) is 10.5. The van der Waals surface area contributed by atoms with Crippen molar-refractivity contribution >= 4 is 5.91 Å². The summed E-state index contributed by atoms with van der Waals surface area (Å²) < 4.78 is 5.28. The first kappa shape index (κ1) is 12.8. The van der Waals surface area contributed by atoms with Crippen molar-refractivity contribution in [2.24, 2.45) is 0 Å². The van der Waals surface area contributed by atoms with Crippen molar-refractivity contribution in [3.63, 3.8) is 0 Å². The summed E-state index contributed by atoms with van der Waals surface area (Å²) in [7, 11) is 0. The SMILES string of the molecule is O=C(CCC1CCCCN1)NC1CCOCC1. The standard InChI is InChI=1S/C13H24N2O2/c16-13(15-12-6-9-17-10-7-12)5-4-11-3-1-2-8-14-11/h11-12,14H,1-10H2,(H,15,16). The molecule has 2 rings (SSSR count). The van der Waals surface area contributed by atoms with Crippen LogP contribution < -0.4 is 10.6 Å². The molecule has 4 heteroatoms. The highest BCUT2D eigenvalue weighted by Crippen LogP contribution is 2.12. The van der Waals surface area contributed by atoms with E-state index in [0.717, 1.165) is 39.0 Å². The summed E-state index contributed by atoms with van der Waals surface area (Å²) in [6, 6.07) is 0.903. The van der Waals surface area contributed by atoms with E-state index in [1.54, 1.807) is 0 Å². The minimum Gasteiger partial charge on any atom is -0.381 e. The Kier molecular flexibility index (Phi) is 5.26. The molecule has 1 atom stereocenters. The highest BCUT2D eigenvalue weighted by molar-refractivity contribution is 5.76. The van der Waals surface area contributed by atoms with Gasteiger partial charge in [0.1, 0.15) is 0 Å². The van der Waals surface area contributed by atoms with Crippen LogP contribution in [0, 0.1) is 0 Å². The zero-order valence-electron chi connectivity index (χ0n) is 10.5. The van der Waals surface area contributed by atoms with Crippen LogP contribution in [0.5, 0.6) is 0 Å². The summed E-state index contributed by atoms with van der Waals surface area (Å²) >= 11 is 0. The summed E-state index contributed by atoms with van der Waals surface area (Å²) in [6.07, 6.45) is 7.39. The maximum absolute atomic E-state index is 11.8. The van der Waals surface area contributed by atoms with Gasteiger partial charge in [0.2, 0.25) is 5.91 Å². The van der Waals surface area contributed by atoms with Crippen molar-refractivity contribution in [1.29, 1.82) is 0 Å². The molecule has 2 N–H and O–H groups in total.